The number of carbonyl (C=O) groups is 2. The van der Waals surface area contributed by atoms with Crippen LogP contribution in [0.25, 0.3) is 10.9 Å². The molecule has 1 atom stereocenters. The van der Waals surface area contributed by atoms with Gasteiger partial charge < -0.3 is 14.6 Å². The van der Waals surface area contributed by atoms with Crippen molar-refractivity contribution in [1.29, 1.82) is 0 Å². The van der Waals surface area contributed by atoms with Gasteiger partial charge in [-0.15, -0.1) is 0 Å². The van der Waals surface area contributed by atoms with Gasteiger partial charge in [-0.05, 0) is 25.0 Å². The summed E-state index contributed by atoms with van der Waals surface area (Å²) < 4.78 is 4.74. The monoisotopic (exact) mass is 296 g/mol. The van der Waals surface area contributed by atoms with E-state index in [1.54, 1.807) is 6.20 Å². The third-order valence-electron chi connectivity index (χ3n) is 4.85. The van der Waals surface area contributed by atoms with Crippen LogP contribution < -0.4 is 0 Å². The van der Waals surface area contributed by atoms with E-state index < -0.39 is 11.5 Å². The van der Waals surface area contributed by atoms with E-state index in [4.69, 9.17) is 4.74 Å². The average Bonchev–Trinajstić information content (AvgIpc) is 3.04. The normalized spacial score (nSPS) is 23.3. The molecule has 0 fully saturated rings. The van der Waals surface area contributed by atoms with Gasteiger partial charge in [0.1, 0.15) is 11.1 Å². The van der Waals surface area contributed by atoms with Crippen LogP contribution in [0.5, 0.6) is 0 Å². The summed E-state index contributed by atoms with van der Waals surface area (Å²) in [6.07, 6.45) is 2.48. The highest BCUT2D eigenvalue weighted by atomic mass is 16.5. The maximum Gasteiger partial charge on any atom is 0.343 e. The molecule has 1 aromatic carbocycles. The smallest absolute Gasteiger partial charge is 0.343 e. The highest BCUT2D eigenvalue weighted by molar-refractivity contribution is 6.22. The molecule has 112 valence electrons. The molecule has 5 heteroatoms. The zero-order valence-corrected chi connectivity index (χ0v) is 12.5. The van der Waals surface area contributed by atoms with Crippen LogP contribution in [-0.4, -0.2) is 35.3 Å². The van der Waals surface area contributed by atoms with Crippen molar-refractivity contribution >= 4 is 22.7 Å². The largest absolute Gasteiger partial charge is 0.465 e. The number of aromatic nitrogens is 1. The number of hydrogen-bond acceptors (Lipinski definition) is 4. The first-order valence-electron chi connectivity index (χ1n) is 7.29. The molecule has 0 saturated carbocycles. The summed E-state index contributed by atoms with van der Waals surface area (Å²) in [4.78, 5) is 30.0. The molecule has 0 radical (unpaired) electrons. The first-order valence-corrected chi connectivity index (χ1v) is 7.29. The molecule has 5 nitrogen and oxygen atoms in total. The summed E-state index contributed by atoms with van der Waals surface area (Å²) in [5, 5.41) is 1.15. The van der Waals surface area contributed by atoms with Crippen LogP contribution >= 0.6 is 0 Å². The number of rotatable bonds is 1. The van der Waals surface area contributed by atoms with E-state index in [0.29, 0.717) is 6.54 Å². The van der Waals surface area contributed by atoms with Gasteiger partial charge in [0.15, 0.2) is 0 Å². The predicted octanol–water partition coefficient (Wildman–Crippen LogP) is 1.88. The van der Waals surface area contributed by atoms with E-state index >= 15 is 0 Å². The molecule has 0 spiro atoms. The van der Waals surface area contributed by atoms with Gasteiger partial charge in [-0.1, -0.05) is 18.2 Å². The SMILES string of the molecule is COC(=O)C1=CN2CCc3c([nH]c4ccccc34)C2(C)C1=O. The molecule has 1 N–H and O–H groups in total. The summed E-state index contributed by atoms with van der Waals surface area (Å²) in [7, 11) is 1.30. The number of aromatic amines is 1. The van der Waals surface area contributed by atoms with E-state index in [0.717, 1.165) is 23.0 Å². The van der Waals surface area contributed by atoms with Crippen LogP contribution in [0, 0.1) is 0 Å². The van der Waals surface area contributed by atoms with Gasteiger partial charge in [-0.3, -0.25) is 4.79 Å². The number of ether oxygens (including phenoxy) is 1. The second-order valence-electron chi connectivity index (χ2n) is 5.90. The van der Waals surface area contributed by atoms with Crippen molar-refractivity contribution in [3.63, 3.8) is 0 Å². The number of fused-ring (bicyclic) bond motifs is 5. The van der Waals surface area contributed by atoms with E-state index in [9.17, 15) is 9.59 Å². The maximum atomic E-state index is 12.9. The predicted molar refractivity (Wildman–Crippen MR) is 81.2 cm³/mol. The summed E-state index contributed by atoms with van der Waals surface area (Å²) in [6.45, 7) is 2.58. The van der Waals surface area contributed by atoms with Crippen molar-refractivity contribution < 1.29 is 14.3 Å². The Morgan fingerprint density at radius 2 is 2.14 bits per heavy atom. The van der Waals surface area contributed by atoms with Crippen molar-refractivity contribution in [3.8, 4) is 0 Å². The van der Waals surface area contributed by atoms with E-state index in [1.807, 2.05) is 30.0 Å². The Morgan fingerprint density at radius 3 is 2.91 bits per heavy atom. The molecule has 2 aliphatic heterocycles. The third kappa shape index (κ3) is 1.43. The fourth-order valence-corrected chi connectivity index (χ4v) is 3.64. The molecular weight excluding hydrogens is 280 g/mol. The van der Waals surface area contributed by atoms with Gasteiger partial charge in [0.2, 0.25) is 5.78 Å². The summed E-state index contributed by atoms with van der Waals surface area (Å²) >= 11 is 0. The molecule has 0 aliphatic carbocycles. The van der Waals surface area contributed by atoms with Gasteiger partial charge in [-0.25, -0.2) is 4.79 Å². The molecule has 0 saturated heterocycles. The second kappa shape index (κ2) is 4.22. The van der Waals surface area contributed by atoms with Crippen LogP contribution in [0.2, 0.25) is 0 Å². The second-order valence-corrected chi connectivity index (χ2v) is 5.90. The van der Waals surface area contributed by atoms with Crippen molar-refractivity contribution in [1.82, 2.24) is 9.88 Å². The van der Waals surface area contributed by atoms with Crippen molar-refractivity contribution in [2.24, 2.45) is 0 Å². The number of benzene rings is 1. The Bertz CT molecular complexity index is 849. The molecule has 0 bridgehead atoms. The topological polar surface area (TPSA) is 62.4 Å². The third-order valence-corrected chi connectivity index (χ3v) is 4.85. The number of esters is 1. The standard InChI is InChI=1S/C17H16N2O3/c1-17-14-11(10-5-3-4-6-13(10)18-14)7-8-19(17)9-12(15(17)20)16(21)22-2/h3-6,9,18H,7-8H2,1-2H3. The Balaban J connectivity index is 1.91. The Hall–Kier alpha value is -2.56. The van der Waals surface area contributed by atoms with E-state index in [2.05, 4.69) is 11.1 Å². The molecule has 1 aromatic heterocycles. The number of para-hydroxylation sites is 1. The first kappa shape index (κ1) is 13.1. The van der Waals surface area contributed by atoms with E-state index in [-0.39, 0.29) is 11.4 Å². The quantitative estimate of drug-likeness (QED) is 0.645. The molecule has 3 heterocycles. The summed E-state index contributed by atoms with van der Waals surface area (Å²) in [5.74, 6) is -0.773. The Labute approximate surface area is 127 Å². The first-order chi connectivity index (χ1) is 10.6. The van der Waals surface area contributed by atoms with Gasteiger partial charge >= 0.3 is 5.97 Å². The molecule has 22 heavy (non-hydrogen) atoms. The minimum atomic E-state index is -0.851. The number of methoxy groups -OCH3 is 1. The van der Waals surface area contributed by atoms with Crippen molar-refractivity contribution in [3.05, 3.63) is 47.3 Å². The Kier molecular flexibility index (Phi) is 2.52. The number of nitrogens with zero attached hydrogens (tertiary/aromatic N) is 1. The number of carbonyl (C=O) groups excluding carboxylic acids is 2. The van der Waals surface area contributed by atoms with Crippen molar-refractivity contribution in [2.45, 2.75) is 18.9 Å². The highest BCUT2D eigenvalue weighted by Crippen LogP contribution is 2.44. The lowest BCUT2D eigenvalue weighted by atomic mass is 9.84. The van der Waals surface area contributed by atoms with Crippen LogP contribution in [0.1, 0.15) is 18.2 Å². The number of nitrogens with one attached hydrogen (secondary N) is 1. The number of hydrogen-bond donors (Lipinski definition) is 1. The van der Waals surface area contributed by atoms with Gasteiger partial charge in [0, 0.05) is 23.6 Å². The molecule has 1 unspecified atom stereocenters. The van der Waals surface area contributed by atoms with E-state index in [1.165, 1.54) is 12.7 Å². The van der Waals surface area contributed by atoms with Crippen LogP contribution in [0.15, 0.2) is 36.0 Å². The zero-order valence-electron chi connectivity index (χ0n) is 12.5. The lowest BCUT2D eigenvalue weighted by Crippen LogP contribution is -2.47. The average molecular weight is 296 g/mol. The fraction of sp³-hybridized carbons (Fsp3) is 0.294. The molecule has 0 amide bonds. The summed E-state index contributed by atoms with van der Waals surface area (Å²) in [6, 6.07) is 8.05. The zero-order chi connectivity index (χ0) is 15.5. The Morgan fingerprint density at radius 1 is 1.36 bits per heavy atom. The van der Waals surface area contributed by atoms with Gasteiger partial charge in [0.25, 0.3) is 0 Å². The number of H-pyrrole nitrogens is 1. The van der Waals surface area contributed by atoms with Gasteiger partial charge in [0.05, 0.1) is 12.8 Å². The minimum Gasteiger partial charge on any atom is -0.465 e. The molecule has 4 rings (SSSR count). The number of Topliss-reactive ketones (excluding diaryl/α,β-unsaturated/α-hetero) is 1. The van der Waals surface area contributed by atoms with Crippen molar-refractivity contribution in [2.75, 3.05) is 13.7 Å². The lowest BCUT2D eigenvalue weighted by Gasteiger charge is -2.38. The van der Waals surface area contributed by atoms with Gasteiger partial charge in [-0.2, -0.15) is 0 Å². The minimum absolute atomic E-state index is 0.122. The highest BCUT2D eigenvalue weighted by Gasteiger charge is 2.52. The maximum absolute atomic E-state index is 12.9. The number of ketones is 1. The molecular formula is C17H16N2O3. The molecule has 2 aliphatic rings. The molecule has 2 aromatic rings. The summed E-state index contributed by atoms with van der Waals surface area (Å²) in [5.41, 5.74) is 2.35. The van der Waals surface area contributed by atoms with Crippen LogP contribution in [0.3, 0.4) is 0 Å². The van der Waals surface area contributed by atoms with Crippen LogP contribution in [-0.2, 0) is 26.3 Å². The fourth-order valence-electron chi connectivity index (χ4n) is 3.64. The lowest BCUT2D eigenvalue weighted by molar-refractivity contribution is -0.138. The van der Waals surface area contributed by atoms with Crippen LogP contribution in [0.4, 0.5) is 0 Å².